The molecular formula is C13H17BrN4. The van der Waals surface area contributed by atoms with Crippen molar-refractivity contribution < 1.29 is 0 Å². The van der Waals surface area contributed by atoms with Gasteiger partial charge < -0.3 is 5.32 Å². The normalized spacial score (nSPS) is 10.7. The van der Waals surface area contributed by atoms with E-state index in [1.807, 2.05) is 37.7 Å². The predicted molar refractivity (Wildman–Crippen MR) is 76.7 cm³/mol. The third kappa shape index (κ3) is 2.56. The largest absolute Gasteiger partial charge is 0.366 e. The van der Waals surface area contributed by atoms with Crippen LogP contribution in [-0.2, 0) is 13.6 Å². The second-order valence-corrected chi connectivity index (χ2v) is 5.24. The Kier molecular flexibility index (Phi) is 3.71. The highest BCUT2D eigenvalue weighted by Crippen LogP contribution is 2.18. The summed E-state index contributed by atoms with van der Waals surface area (Å²) in [6.45, 7) is 6.84. The standard InChI is InChI=1S/C13H17BrN4/c1-8-11(10(3)18(4)17-8)7-15-13-6-5-12(14)9(2)16-13/h5-6H,7H2,1-4H3,(H,15,16). The van der Waals surface area contributed by atoms with Crippen molar-refractivity contribution in [2.45, 2.75) is 27.3 Å². The molecule has 0 aromatic carbocycles. The van der Waals surface area contributed by atoms with Gasteiger partial charge in [0.15, 0.2) is 0 Å². The number of pyridine rings is 1. The van der Waals surface area contributed by atoms with Crippen LogP contribution in [0, 0.1) is 20.8 Å². The monoisotopic (exact) mass is 308 g/mol. The molecule has 0 unspecified atom stereocenters. The quantitative estimate of drug-likeness (QED) is 0.947. The van der Waals surface area contributed by atoms with E-state index >= 15 is 0 Å². The number of aromatic nitrogens is 3. The second-order valence-electron chi connectivity index (χ2n) is 4.39. The Morgan fingerprint density at radius 3 is 2.50 bits per heavy atom. The van der Waals surface area contributed by atoms with E-state index in [1.165, 1.54) is 11.3 Å². The van der Waals surface area contributed by atoms with Gasteiger partial charge in [-0.1, -0.05) is 0 Å². The molecule has 0 fully saturated rings. The number of anilines is 1. The Morgan fingerprint density at radius 1 is 1.22 bits per heavy atom. The lowest BCUT2D eigenvalue weighted by Gasteiger charge is -2.07. The number of nitrogens with one attached hydrogen (secondary N) is 1. The predicted octanol–water partition coefficient (Wildman–Crippen LogP) is 3.11. The van der Waals surface area contributed by atoms with Crippen molar-refractivity contribution >= 4 is 21.7 Å². The summed E-state index contributed by atoms with van der Waals surface area (Å²) in [5, 5.41) is 7.74. The number of hydrogen-bond donors (Lipinski definition) is 1. The molecule has 1 N–H and O–H groups in total. The van der Waals surface area contributed by atoms with Crippen LogP contribution in [0.5, 0.6) is 0 Å². The molecule has 18 heavy (non-hydrogen) atoms. The number of nitrogens with zero attached hydrogens (tertiary/aromatic N) is 3. The van der Waals surface area contributed by atoms with Crippen LogP contribution in [0.2, 0.25) is 0 Å². The van der Waals surface area contributed by atoms with E-state index in [2.05, 4.69) is 38.3 Å². The first-order valence-corrected chi connectivity index (χ1v) is 6.64. The lowest BCUT2D eigenvalue weighted by Crippen LogP contribution is -2.04. The van der Waals surface area contributed by atoms with Crippen molar-refractivity contribution in [1.82, 2.24) is 14.8 Å². The summed E-state index contributed by atoms with van der Waals surface area (Å²) < 4.78 is 2.94. The van der Waals surface area contributed by atoms with Gasteiger partial charge in [-0.25, -0.2) is 4.98 Å². The molecule has 5 heteroatoms. The van der Waals surface area contributed by atoms with Gasteiger partial charge in [0.1, 0.15) is 5.82 Å². The summed E-state index contributed by atoms with van der Waals surface area (Å²) >= 11 is 3.45. The third-order valence-corrected chi connectivity index (χ3v) is 3.96. The molecule has 2 rings (SSSR count). The van der Waals surface area contributed by atoms with Crippen molar-refractivity contribution in [3.8, 4) is 0 Å². The minimum Gasteiger partial charge on any atom is -0.366 e. The summed E-state index contributed by atoms with van der Waals surface area (Å²) in [5.41, 5.74) is 4.48. The summed E-state index contributed by atoms with van der Waals surface area (Å²) in [4.78, 5) is 4.47. The Morgan fingerprint density at radius 2 is 1.94 bits per heavy atom. The molecule has 0 bridgehead atoms. The first-order chi connectivity index (χ1) is 8.49. The molecule has 96 valence electrons. The van der Waals surface area contributed by atoms with Crippen LogP contribution >= 0.6 is 15.9 Å². The van der Waals surface area contributed by atoms with Gasteiger partial charge in [-0.15, -0.1) is 0 Å². The zero-order valence-corrected chi connectivity index (χ0v) is 12.7. The van der Waals surface area contributed by atoms with Crippen LogP contribution in [-0.4, -0.2) is 14.8 Å². The first kappa shape index (κ1) is 13.1. The van der Waals surface area contributed by atoms with Crippen LogP contribution in [0.25, 0.3) is 0 Å². The Hall–Kier alpha value is -1.36. The molecule has 0 saturated heterocycles. The van der Waals surface area contributed by atoms with Gasteiger partial charge in [0.2, 0.25) is 0 Å². The molecule has 4 nitrogen and oxygen atoms in total. The van der Waals surface area contributed by atoms with Crippen molar-refractivity contribution in [2.75, 3.05) is 5.32 Å². The maximum Gasteiger partial charge on any atom is 0.126 e. The highest BCUT2D eigenvalue weighted by atomic mass is 79.9. The SMILES string of the molecule is Cc1nc(NCc2c(C)nn(C)c2C)ccc1Br. The third-order valence-electron chi connectivity index (χ3n) is 3.13. The minimum atomic E-state index is 0.750. The molecule has 0 spiro atoms. The lowest BCUT2D eigenvalue weighted by molar-refractivity contribution is 0.730. The van der Waals surface area contributed by atoms with E-state index in [1.54, 1.807) is 0 Å². The van der Waals surface area contributed by atoms with Crippen molar-refractivity contribution in [3.63, 3.8) is 0 Å². The molecule has 0 aliphatic rings. The van der Waals surface area contributed by atoms with Crippen molar-refractivity contribution in [2.24, 2.45) is 7.05 Å². The highest BCUT2D eigenvalue weighted by Gasteiger charge is 2.09. The average molecular weight is 309 g/mol. The Labute approximate surface area is 116 Å². The van der Waals surface area contributed by atoms with E-state index in [4.69, 9.17) is 0 Å². The number of aryl methyl sites for hydroxylation is 3. The fourth-order valence-corrected chi connectivity index (χ4v) is 2.12. The molecule has 2 aromatic heterocycles. The van der Waals surface area contributed by atoms with Crippen LogP contribution < -0.4 is 5.32 Å². The van der Waals surface area contributed by atoms with E-state index in [-0.39, 0.29) is 0 Å². The smallest absolute Gasteiger partial charge is 0.126 e. The van der Waals surface area contributed by atoms with Gasteiger partial charge in [0, 0.05) is 29.3 Å². The van der Waals surface area contributed by atoms with E-state index in [0.29, 0.717) is 0 Å². The first-order valence-electron chi connectivity index (χ1n) is 5.85. The Bertz CT molecular complexity index is 575. The lowest BCUT2D eigenvalue weighted by atomic mass is 10.2. The topological polar surface area (TPSA) is 42.7 Å². The number of hydrogen-bond acceptors (Lipinski definition) is 3. The molecule has 0 amide bonds. The zero-order chi connectivity index (χ0) is 13.3. The van der Waals surface area contributed by atoms with Crippen LogP contribution in [0.1, 0.15) is 22.6 Å². The summed E-state index contributed by atoms with van der Waals surface area (Å²) in [5.74, 6) is 0.887. The van der Waals surface area contributed by atoms with Gasteiger partial charge in [-0.3, -0.25) is 4.68 Å². The molecule has 0 saturated carbocycles. The fourth-order valence-electron chi connectivity index (χ4n) is 1.89. The molecule has 2 aromatic rings. The zero-order valence-electron chi connectivity index (χ0n) is 11.1. The van der Waals surface area contributed by atoms with Crippen LogP contribution in [0.3, 0.4) is 0 Å². The molecule has 0 aliphatic carbocycles. The summed E-state index contributed by atoms with van der Waals surface area (Å²) in [6, 6.07) is 3.98. The second kappa shape index (κ2) is 5.10. The number of halogens is 1. The molecule has 0 aliphatic heterocycles. The Balaban J connectivity index is 2.14. The molecular weight excluding hydrogens is 292 g/mol. The van der Waals surface area contributed by atoms with Crippen LogP contribution in [0.4, 0.5) is 5.82 Å². The molecule has 0 atom stereocenters. The maximum atomic E-state index is 4.47. The average Bonchev–Trinajstić information content (AvgIpc) is 2.56. The van der Waals surface area contributed by atoms with Gasteiger partial charge in [-0.05, 0) is 48.8 Å². The van der Waals surface area contributed by atoms with Gasteiger partial charge in [-0.2, -0.15) is 5.10 Å². The van der Waals surface area contributed by atoms with E-state index < -0.39 is 0 Å². The summed E-state index contributed by atoms with van der Waals surface area (Å²) in [6.07, 6.45) is 0. The van der Waals surface area contributed by atoms with Crippen LogP contribution in [0.15, 0.2) is 16.6 Å². The number of rotatable bonds is 3. The van der Waals surface area contributed by atoms with E-state index in [0.717, 1.165) is 28.2 Å². The van der Waals surface area contributed by atoms with Crippen molar-refractivity contribution in [1.29, 1.82) is 0 Å². The maximum absolute atomic E-state index is 4.47. The van der Waals surface area contributed by atoms with Gasteiger partial charge in [0.05, 0.1) is 11.4 Å². The molecule has 2 heterocycles. The van der Waals surface area contributed by atoms with E-state index in [9.17, 15) is 0 Å². The van der Waals surface area contributed by atoms with Crippen molar-refractivity contribution in [3.05, 3.63) is 39.3 Å². The van der Waals surface area contributed by atoms with Gasteiger partial charge >= 0.3 is 0 Å². The molecule has 0 radical (unpaired) electrons. The fraction of sp³-hybridized carbons (Fsp3) is 0.385. The summed E-state index contributed by atoms with van der Waals surface area (Å²) in [7, 11) is 1.97. The van der Waals surface area contributed by atoms with Gasteiger partial charge in [0.25, 0.3) is 0 Å². The highest BCUT2D eigenvalue weighted by molar-refractivity contribution is 9.10. The minimum absolute atomic E-state index is 0.750.